The minimum absolute atomic E-state index is 0.263. The van der Waals surface area contributed by atoms with E-state index in [1.165, 1.54) is 0 Å². The molecule has 1 unspecified atom stereocenters. The molecule has 1 atom stereocenters. The smallest absolute Gasteiger partial charge is 0.305 e. The summed E-state index contributed by atoms with van der Waals surface area (Å²) in [5, 5.41) is 14.1. The maximum absolute atomic E-state index is 11.5. The second kappa shape index (κ2) is 3.80. The molecule has 6 heteroatoms. The number of hydrogen-bond acceptors (Lipinski definition) is 4. The van der Waals surface area contributed by atoms with Crippen molar-refractivity contribution in [3.63, 3.8) is 0 Å². The van der Waals surface area contributed by atoms with Gasteiger partial charge in [-0.15, -0.1) is 0 Å². The summed E-state index contributed by atoms with van der Waals surface area (Å²) in [6.07, 6.45) is 1.39. The monoisotopic (exact) mass is 221 g/mol. The van der Waals surface area contributed by atoms with Gasteiger partial charge < -0.3 is 15.7 Å². The van der Waals surface area contributed by atoms with Crippen LogP contribution in [0.1, 0.15) is 12.0 Å². The molecular formula is C10H11N3O3. The van der Waals surface area contributed by atoms with Crippen molar-refractivity contribution in [2.45, 2.75) is 19.4 Å². The largest absolute Gasteiger partial charge is 0.481 e. The van der Waals surface area contributed by atoms with E-state index in [-0.39, 0.29) is 12.3 Å². The van der Waals surface area contributed by atoms with Gasteiger partial charge in [0.2, 0.25) is 5.91 Å². The number of anilines is 2. The van der Waals surface area contributed by atoms with Gasteiger partial charge in [-0.25, -0.2) is 4.98 Å². The van der Waals surface area contributed by atoms with Crippen LogP contribution in [0, 0.1) is 6.92 Å². The van der Waals surface area contributed by atoms with E-state index in [1.807, 2.05) is 6.92 Å². The number of carboxylic acids is 1. The average molecular weight is 221 g/mol. The zero-order valence-corrected chi connectivity index (χ0v) is 8.65. The number of nitrogens with zero attached hydrogens (tertiary/aromatic N) is 1. The van der Waals surface area contributed by atoms with E-state index < -0.39 is 12.0 Å². The minimum Gasteiger partial charge on any atom is -0.481 e. The Morgan fingerprint density at radius 3 is 3.06 bits per heavy atom. The number of hydrogen-bond donors (Lipinski definition) is 3. The van der Waals surface area contributed by atoms with E-state index in [4.69, 9.17) is 5.11 Å². The van der Waals surface area contributed by atoms with E-state index >= 15 is 0 Å². The number of rotatable bonds is 2. The van der Waals surface area contributed by atoms with Crippen molar-refractivity contribution >= 4 is 23.4 Å². The van der Waals surface area contributed by atoms with Crippen molar-refractivity contribution < 1.29 is 14.7 Å². The van der Waals surface area contributed by atoms with Crippen molar-refractivity contribution in [1.82, 2.24) is 4.98 Å². The van der Waals surface area contributed by atoms with E-state index in [9.17, 15) is 9.59 Å². The molecule has 0 saturated heterocycles. The molecule has 3 N–H and O–H groups in total. The Balaban J connectivity index is 2.25. The van der Waals surface area contributed by atoms with Gasteiger partial charge in [-0.1, -0.05) is 0 Å². The minimum atomic E-state index is -1.02. The number of amides is 1. The van der Waals surface area contributed by atoms with E-state index in [0.29, 0.717) is 11.5 Å². The summed E-state index contributed by atoms with van der Waals surface area (Å²) in [5.74, 6) is -0.859. The highest BCUT2D eigenvalue weighted by Crippen LogP contribution is 2.25. The van der Waals surface area contributed by atoms with E-state index in [1.54, 1.807) is 12.3 Å². The third kappa shape index (κ3) is 1.95. The zero-order chi connectivity index (χ0) is 11.7. The van der Waals surface area contributed by atoms with Gasteiger partial charge in [-0.3, -0.25) is 9.59 Å². The van der Waals surface area contributed by atoms with Crippen LogP contribution in [0.25, 0.3) is 0 Å². The molecule has 1 aromatic rings. The average Bonchev–Trinajstić information content (AvgIpc) is 2.19. The predicted molar refractivity (Wildman–Crippen MR) is 57.3 cm³/mol. The fraction of sp³-hybridized carbons (Fsp3) is 0.300. The predicted octanol–water partition coefficient (Wildman–Crippen LogP) is 0.597. The number of carbonyl (C=O) groups is 2. The van der Waals surface area contributed by atoms with Crippen molar-refractivity contribution in [3.05, 3.63) is 17.8 Å². The first-order valence-electron chi connectivity index (χ1n) is 4.82. The van der Waals surface area contributed by atoms with Crippen LogP contribution in [0.15, 0.2) is 12.3 Å². The molecule has 1 aliphatic heterocycles. The summed E-state index contributed by atoms with van der Waals surface area (Å²) >= 11 is 0. The number of fused-ring (bicyclic) bond motifs is 1. The molecule has 84 valence electrons. The van der Waals surface area contributed by atoms with Crippen LogP contribution >= 0.6 is 0 Å². The Kier molecular flexibility index (Phi) is 2.47. The van der Waals surface area contributed by atoms with Crippen LogP contribution in [0.5, 0.6) is 0 Å². The van der Waals surface area contributed by atoms with Crippen LogP contribution < -0.4 is 10.6 Å². The topological polar surface area (TPSA) is 91.3 Å². The van der Waals surface area contributed by atoms with Crippen molar-refractivity contribution in [2.75, 3.05) is 10.6 Å². The second-order valence-corrected chi connectivity index (χ2v) is 3.69. The maximum Gasteiger partial charge on any atom is 0.305 e. The van der Waals surface area contributed by atoms with Gasteiger partial charge >= 0.3 is 5.97 Å². The van der Waals surface area contributed by atoms with Gasteiger partial charge in [0.1, 0.15) is 11.9 Å². The van der Waals surface area contributed by atoms with Crippen LogP contribution in [0.3, 0.4) is 0 Å². The number of pyridine rings is 1. The summed E-state index contributed by atoms with van der Waals surface area (Å²) in [6, 6.07) is 1.02. The molecule has 0 aliphatic carbocycles. The van der Waals surface area contributed by atoms with Crippen LogP contribution in [0.4, 0.5) is 11.5 Å². The third-order valence-electron chi connectivity index (χ3n) is 2.29. The van der Waals surface area contributed by atoms with E-state index in [0.717, 1.165) is 5.56 Å². The molecule has 1 aromatic heterocycles. The van der Waals surface area contributed by atoms with Gasteiger partial charge in [0.05, 0.1) is 12.1 Å². The lowest BCUT2D eigenvalue weighted by Crippen LogP contribution is -2.40. The molecule has 2 rings (SSSR count). The normalized spacial score (nSPS) is 18.3. The summed E-state index contributed by atoms with van der Waals surface area (Å²) in [5.41, 5.74) is 1.52. The molecule has 0 saturated carbocycles. The lowest BCUT2D eigenvalue weighted by molar-refractivity contribution is -0.138. The lowest BCUT2D eigenvalue weighted by atomic mass is 10.1. The molecule has 0 fully saturated rings. The number of aryl methyl sites for hydroxylation is 1. The number of aromatic nitrogens is 1. The maximum atomic E-state index is 11.5. The highest BCUT2D eigenvalue weighted by molar-refractivity contribution is 6.03. The molecule has 6 nitrogen and oxygen atoms in total. The summed E-state index contributed by atoms with van der Waals surface area (Å²) in [6.45, 7) is 1.86. The van der Waals surface area contributed by atoms with E-state index in [2.05, 4.69) is 15.6 Å². The Morgan fingerprint density at radius 1 is 1.62 bits per heavy atom. The summed E-state index contributed by atoms with van der Waals surface area (Å²) in [4.78, 5) is 26.2. The quantitative estimate of drug-likeness (QED) is 0.680. The van der Waals surface area contributed by atoms with Gasteiger partial charge in [-0.2, -0.15) is 0 Å². The third-order valence-corrected chi connectivity index (χ3v) is 2.29. The summed E-state index contributed by atoms with van der Waals surface area (Å²) < 4.78 is 0. The fourth-order valence-electron chi connectivity index (χ4n) is 1.55. The number of carbonyl (C=O) groups excluding carboxylic acids is 1. The standard InChI is InChI=1S/C10H11N3O3/c1-5-2-6-9(11-4-5)12-7(3-8(14)15)10(16)13-6/h2,4,7H,3H2,1H3,(H,11,12)(H,13,16)(H,14,15). The lowest BCUT2D eigenvalue weighted by Gasteiger charge is -2.24. The number of carboxylic acid groups (broad SMARTS) is 1. The highest BCUT2D eigenvalue weighted by atomic mass is 16.4. The van der Waals surface area contributed by atoms with Crippen molar-refractivity contribution in [1.29, 1.82) is 0 Å². The first kappa shape index (κ1) is 10.4. The Morgan fingerprint density at radius 2 is 2.38 bits per heavy atom. The van der Waals surface area contributed by atoms with Crippen LogP contribution in [-0.2, 0) is 9.59 Å². The van der Waals surface area contributed by atoms with Gasteiger partial charge in [0.25, 0.3) is 0 Å². The first-order chi connectivity index (χ1) is 7.56. The van der Waals surface area contributed by atoms with Gasteiger partial charge in [0, 0.05) is 6.20 Å². The first-order valence-corrected chi connectivity index (χ1v) is 4.82. The molecule has 16 heavy (non-hydrogen) atoms. The fourth-order valence-corrected chi connectivity index (χ4v) is 1.55. The highest BCUT2D eigenvalue weighted by Gasteiger charge is 2.28. The number of aliphatic carboxylic acids is 1. The molecule has 1 amide bonds. The SMILES string of the molecule is Cc1cnc2c(c1)NC(=O)C(CC(=O)O)N2. The Hall–Kier alpha value is -2.11. The van der Waals surface area contributed by atoms with Gasteiger partial charge in [-0.05, 0) is 18.6 Å². The van der Waals surface area contributed by atoms with Crippen LogP contribution in [-0.4, -0.2) is 28.0 Å². The molecule has 0 spiro atoms. The van der Waals surface area contributed by atoms with Crippen molar-refractivity contribution in [2.24, 2.45) is 0 Å². The Bertz CT molecular complexity index is 459. The second-order valence-electron chi connectivity index (χ2n) is 3.69. The summed E-state index contributed by atoms with van der Waals surface area (Å²) in [7, 11) is 0. The molecule has 1 aliphatic rings. The molecular weight excluding hydrogens is 210 g/mol. The van der Waals surface area contributed by atoms with Crippen molar-refractivity contribution in [3.8, 4) is 0 Å². The number of nitrogens with one attached hydrogen (secondary N) is 2. The van der Waals surface area contributed by atoms with Gasteiger partial charge in [0.15, 0.2) is 0 Å². The zero-order valence-electron chi connectivity index (χ0n) is 8.65. The van der Waals surface area contributed by atoms with Crippen LogP contribution in [0.2, 0.25) is 0 Å². The molecule has 2 heterocycles. The molecule has 0 bridgehead atoms. The Labute approximate surface area is 91.7 Å². The molecule has 0 aromatic carbocycles. The molecule has 0 radical (unpaired) electrons.